The van der Waals surface area contributed by atoms with Crippen LogP contribution in [0.25, 0.3) is 0 Å². The minimum Gasteiger partial charge on any atom is -0.496 e. The van der Waals surface area contributed by atoms with Gasteiger partial charge in [-0.05, 0) is 13.0 Å². The van der Waals surface area contributed by atoms with E-state index in [2.05, 4.69) is 10.4 Å². The van der Waals surface area contributed by atoms with Crippen LogP contribution in [-0.4, -0.2) is 36.7 Å². The molecule has 0 fully saturated rings. The molecule has 6 heteroatoms. The van der Waals surface area contributed by atoms with Gasteiger partial charge in [0.25, 0.3) is 5.91 Å². The van der Waals surface area contributed by atoms with Crippen LogP contribution >= 0.6 is 0 Å². The number of nitrogens with zero attached hydrogens (tertiary/aromatic N) is 2. The minimum absolute atomic E-state index is 0.0793. The van der Waals surface area contributed by atoms with Crippen molar-refractivity contribution in [3.63, 3.8) is 0 Å². The van der Waals surface area contributed by atoms with Gasteiger partial charge < -0.3 is 10.1 Å². The molecule has 21 heavy (non-hydrogen) atoms. The zero-order chi connectivity index (χ0) is 15.4. The molecule has 0 radical (unpaired) electrons. The summed E-state index contributed by atoms with van der Waals surface area (Å²) in [6, 6.07) is 7.32. The summed E-state index contributed by atoms with van der Waals surface area (Å²) in [5.74, 6) is 0.389. The van der Waals surface area contributed by atoms with Crippen LogP contribution in [0.2, 0.25) is 0 Å². The summed E-state index contributed by atoms with van der Waals surface area (Å²) in [4.78, 5) is 23.6. The van der Waals surface area contributed by atoms with Crippen LogP contribution in [0.4, 0.5) is 0 Å². The normalized spacial score (nSPS) is 16.2. The number of nitrogens with one attached hydrogen (secondary N) is 1. The van der Waals surface area contributed by atoms with Gasteiger partial charge >= 0.3 is 0 Å². The molecule has 0 saturated heterocycles. The Hall–Kier alpha value is -2.37. The highest BCUT2D eigenvalue weighted by atomic mass is 16.5. The molecule has 1 aliphatic heterocycles. The number of methoxy groups -OCH3 is 1. The lowest BCUT2D eigenvalue weighted by Crippen LogP contribution is -2.38. The molecule has 0 spiro atoms. The van der Waals surface area contributed by atoms with E-state index in [1.165, 1.54) is 5.01 Å². The third-order valence-corrected chi connectivity index (χ3v) is 3.42. The Kier molecular flexibility index (Phi) is 4.57. The molecule has 1 N–H and O–H groups in total. The van der Waals surface area contributed by atoms with E-state index >= 15 is 0 Å². The predicted octanol–water partition coefficient (Wildman–Crippen LogP) is 1.48. The summed E-state index contributed by atoms with van der Waals surface area (Å²) < 4.78 is 5.29. The molecule has 1 aliphatic rings. The first-order valence-electron chi connectivity index (χ1n) is 6.80. The first kappa shape index (κ1) is 15.0. The molecule has 0 unspecified atom stereocenters. The van der Waals surface area contributed by atoms with Gasteiger partial charge in [0.05, 0.1) is 13.2 Å². The first-order valence-corrected chi connectivity index (χ1v) is 6.80. The second kappa shape index (κ2) is 6.39. The summed E-state index contributed by atoms with van der Waals surface area (Å²) >= 11 is 0. The first-order chi connectivity index (χ1) is 10.0. The van der Waals surface area contributed by atoms with E-state index in [0.29, 0.717) is 18.6 Å². The average Bonchev–Trinajstić information content (AvgIpc) is 2.49. The zero-order valence-corrected chi connectivity index (χ0v) is 12.4. The summed E-state index contributed by atoms with van der Waals surface area (Å²) in [6.45, 7) is 1.88. The second-order valence-corrected chi connectivity index (χ2v) is 4.90. The van der Waals surface area contributed by atoms with Gasteiger partial charge in [-0.2, -0.15) is 5.10 Å². The number of benzene rings is 1. The highest BCUT2D eigenvalue weighted by Crippen LogP contribution is 2.24. The van der Waals surface area contributed by atoms with Crippen molar-refractivity contribution >= 4 is 17.5 Å². The standard InChI is InChI=1S/C15H19N3O3/c1-10(11-6-4-5-7-13(11)21-3)16-15(20)12-8-9-14(19)18(2)17-12/h4-7,10H,8-9H2,1-3H3,(H,16,20)/t10-/m1/s1. The van der Waals surface area contributed by atoms with E-state index in [1.807, 2.05) is 31.2 Å². The molecule has 0 saturated carbocycles. The third kappa shape index (κ3) is 3.39. The quantitative estimate of drug-likeness (QED) is 0.912. The highest BCUT2D eigenvalue weighted by Gasteiger charge is 2.23. The number of amides is 2. The van der Waals surface area contributed by atoms with Gasteiger partial charge in [0.2, 0.25) is 5.91 Å². The third-order valence-electron chi connectivity index (χ3n) is 3.42. The molecule has 1 aromatic rings. The maximum atomic E-state index is 12.2. The monoisotopic (exact) mass is 289 g/mol. The largest absolute Gasteiger partial charge is 0.496 e. The fourth-order valence-electron chi connectivity index (χ4n) is 2.21. The van der Waals surface area contributed by atoms with Crippen molar-refractivity contribution < 1.29 is 14.3 Å². The molecular formula is C15H19N3O3. The van der Waals surface area contributed by atoms with Crippen molar-refractivity contribution in [2.75, 3.05) is 14.2 Å². The SMILES string of the molecule is COc1ccccc1[C@@H](C)NC(=O)C1=NN(C)C(=O)CC1. The molecule has 1 atom stereocenters. The molecule has 0 aliphatic carbocycles. The predicted molar refractivity (Wildman–Crippen MR) is 79.0 cm³/mol. The Balaban J connectivity index is 2.09. The van der Waals surface area contributed by atoms with E-state index in [0.717, 1.165) is 11.3 Å². The lowest BCUT2D eigenvalue weighted by atomic mass is 10.1. The van der Waals surface area contributed by atoms with Crippen molar-refractivity contribution in [1.82, 2.24) is 10.3 Å². The lowest BCUT2D eigenvalue weighted by Gasteiger charge is -2.21. The molecule has 112 valence electrons. The fraction of sp³-hybridized carbons (Fsp3) is 0.400. The Morgan fingerprint density at radius 1 is 1.38 bits per heavy atom. The second-order valence-electron chi connectivity index (χ2n) is 4.90. The van der Waals surface area contributed by atoms with Gasteiger partial charge in [-0.1, -0.05) is 18.2 Å². The van der Waals surface area contributed by atoms with Gasteiger partial charge in [0, 0.05) is 25.5 Å². The number of ether oxygens (including phenoxy) is 1. The number of hydrazone groups is 1. The van der Waals surface area contributed by atoms with Gasteiger partial charge in [-0.15, -0.1) is 0 Å². The Morgan fingerprint density at radius 2 is 2.10 bits per heavy atom. The highest BCUT2D eigenvalue weighted by molar-refractivity contribution is 6.39. The van der Waals surface area contributed by atoms with E-state index in [-0.39, 0.29) is 17.9 Å². The van der Waals surface area contributed by atoms with Crippen molar-refractivity contribution in [1.29, 1.82) is 0 Å². The van der Waals surface area contributed by atoms with Crippen LogP contribution in [0.15, 0.2) is 29.4 Å². The van der Waals surface area contributed by atoms with Crippen molar-refractivity contribution in [3.05, 3.63) is 29.8 Å². The Labute approximate surface area is 123 Å². The lowest BCUT2D eigenvalue weighted by molar-refractivity contribution is -0.130. The molecule has 0 bridgehead atoms. The van der Waals surface area contributed by atoms with E-state index in [1.54, 1.807) is 14.2 Å². The van der Waals surface area contributed by atoms with Crippen LogP contribution in [-0.2, 0) is 9.59 Å². The van der Waals surface area contributed by atoms with E-state index < -0.39 is 0 Å². The van der Waals surface area contributed by atoms with Crippen molar-refractivity contribution in [3.8, 4) is 5.75 Å². The summed E-state index contributed by atoms with van der Waals surface area (Å²) in [5.41, 5.74) is 1.27. The van der Waals surface area contributed by atoms with Crippen molar-refractivity contribution in [2.45, 2.75) is 25.8 Å². The van der Waals surface area contributed by atoms with Crippen molar-refractivity contribution in [2.24, 2.45) is 5.10 Å². The smallest absolute Gasteiger partial charge is 0.267 e. The number of hydrogen-bond donors (Lipinski definition) is 1. The van der Waals surface area contributed by atoms with Crippen LogP contribution in [0.1, 0.15) is 31.4 Å². The number of rotatable bonds is 4. The molecule has 2 rings (SSSR count). The number of para-hydroxylation sites is 1. The fourth-order valence-corrected chi connectivity index (χ4v) is 2.21. The van der Waals surface area contributed by atoms with E-state index in [9.17, 15) is 9.59 Å². The summed E-state index contributed by atoms with van der Waals surface area (Å²) in [6.07, 6.45) is 0.680. The molecular weight excluding hydrogens is 270 g/mol. The topological polar surface area (TPSA) is 71.0 Å². The maximum absolute atomic E-state index is 12.2. The summed E-state index contributed by atoms with van der Waals surface area (Å²) in [5, 5.41) is 8.11. The molecule has 0 aromatic heterocycles. The van der Waals surface area contributed by atoms with Gasteiger partial charge in [0.15, 0.2) is 0 Å². The minimum atomic E-state index is -0.257. The maximum Gasteiger partial charge on any atom is 0.267 e. The van der Waals surface area contributed by atoms with Crippen LogP contribution in [0.3, 0.4) is 0 Å². The van der Waals surface area contributed by atoms with Crippen LogP contribution in [0, 0.1) is 0 Å². The molecule has 2 amide bonds. The summed E-state index contributed by atoms with van der Waals surface area (Å²) in [7, 11) is 3.15. The number of carbonyl (C=O) groups excluding carboxylic acids is 2. The number of carbonyl (C=O) groups is 2. The van der Waals surface area contributed by atoms with Crippen LogP contribution < -0.4 is 10.1 Å². The average molecular weight is 289 g/mol. The van der Waals surface area contributed by atoms with Gasteiger partial charge in [-0.3, -0.25) is 9.59 Å². The van der Waals surface area contributed by atoms with E-state index in [4.69, 9.17) is 4.74 Å². The molecule has 1 aromatic carbocycles. The Morgan fingerprint density at radius 3 is 2.76 bits per heavy atom. The van der Waals surface area contributed by atoms with Gasteiger partial charge in [0.1, 0.15) is 11.5 Å². The molecule has 1 heterocycles. The van der Waals surface area contributed by atoms with Gasteiger partial charge in [-0.25, -0.2) is 5.01 Å². The zero-order valence-electron chi connectivity index (χ0n) is 12.4. The Bertz CT molecular complexity index is 583. The number of hydrogen-bond acceptors (Lipinski definition) is 4. The van der Waals surface area contributed by atoms with Crippen LogP contribution in [0.5, 0.6) is 5.75 Å². The molecule has 6 nitrogen and oxygen atoms in total.